The van der Waals surface area contributed by atoms with Gasteiger partial charge in [0.25, 0.3) is 9.05 Å². The van der Waals surface area contributed by atoms with Crippen molar-refractivity contribution in [2.75, 3.05) is 6.61 Å². The van der Waals surface area contributed by atoms with E-state index in [1.54, 1.807) is 0 Å². The van der Waals surface area contributed by atoms with Crippen molar-refractivity contribution in [2.24, 2.45) is 0 Å². The second-order valence-electron chi connectivity index (χ2n) is 2.88. The summed E-state index contributed by atoms with van der Waals surface area (Å²) in [7, 11) is 1.16. The van der Waals surface area contributed by atoms with E-state index in [9.17, 15) is 12.8 Å². The Morgan fingerprint density at radius 3 is 2.67 bits per heavy atom. The fourth-order valence-corrected chi connectivity index (χ4v) is 1.99. The Kier molecular flexibility index (Phi) is 3.93. The maximum absolute atomic E-state index is 12.8. The molecule has 15 heavy (non-hydrogen) atoms. The SMILES string of the molecule is CCCOc1ccc(F)cc1S(=O)(=O)Cl. The fraction of sp³-hybridized carbons (Fsp3) is 0.333. The smallest absolute Gasteiger partial charge is 0.265 e. The molecule has 3 nitrogen and oxygen atoms in total. The van der Waals surface area contributed by atoms with E-state index in [1.807, 2.05) is 6.92 Å². The number of rotatable bonds is 4. The highest BCUT2D eigenvalue weighted by Gasteiger charge is 2.17. The van der Waals surface area contributed by atoms with E-state index in [-0.39, 0.29) is 10.6 Å². The minimum absolute atomic E-state index is 0.0771. The predicted molar refractivity (Wildman–Crippen MR) is 55.2 cm³/mol. The molecule has 0 aliphatic rings. The molecule has 0 aliphatic heterocycles. The molecule has 0 N–H and O–H groups in total. The summed E-state index contributed by atoms with van der Waals surface area (Å²) in [5, 5.41) is 0. The number of halogens is 2. The number of benzene rings is 1. The predicted octanol–water partition coefficient (Wildman–Crippen LogP) is 2.54. The fourth-order valence-electron chi connectivity index (χ4n) is 1.00. The molecule has 0 radical (unpaired) electrons. The Labute approximate surface area is 92.2 Å². The first-order valence-corrected chi connectivity index (χ1v) is 6.63. The molecular formula is C9H10ClFO3S. The first-order valence-electron chi connectivity index (χ1n) is 4.32. The molecule has 0 saturated heterocycles. The third kappa shape index (κ3) is 3.35. The summed E-state index contributed by atoms with van der Waals surface area (Å²) in [5.41, 5.74) is 0. The Hall–Kier alpha value is -0.810. The first-order chi connectivity index (χ1) is 6.95. The highest BCUT2D eigenvalue weighted by atomic mass is 35.7. The van der Waals surface area contributed by atoms with Crippen molar-refractivity contribution in [3.63, 3.8) is 0 Å². The molecule has 1 aromatic rings. The van der Waals surface area contributed by atoms with Crippen molar-refractivity contribution < 1.29 is 17.5 Å². The molecule has 84 valence electrons. The zero-order valence-corrected chi connectivity index (χ0v) is 9.61. The van der Waals surface area contributed by atoms with Crippen LogP contribution < -0.4 is 4.74 Å². The lowest BCUT2D eigenvalue weighted by Gasteiger charge is -2.08. The van der Waals surface area contributed by atoms with E-state index in [2.05, 4.69) is 0 Å². The average molecular weight is 253 g/mol. The van der Waals surface area contributed by atoms with Crippen molar-refractivity contribution in [3.8, 4) is 5.75 Å². The Morgan fingerprint density at radius 2 is 2.13 bits per heavy atom. The van der Waals surface area contributed by atoms with Crippen LogP contribution in [0.15, 0.2) is 23.1 Å². The Balaban J connectivity index is 3.15. The van der Waals surface area contributed by atoms with Crippen LogP contribution in [-0.2, 0) is 9.05 Å². The monoisotopic (exact) mass is 252 g/mol. The summed E-state index contributed by atoms with van der Waals surface area (Å²) in [4.78, 5) is -0.336. The van der Waals surface area contributed by atoms with Gasteiger partial charge in [0.05, 0.1) is 6.61 Å². The van der Waals surface area contributed by atoms with Gasteiger partial charge in [-0.2, -0.15) is 0 Å². The van der Waals surface area contributed by atoms with E-state index < -0.39 is 14.9 Å². The van der Waals surface area contributed by atoms with Crippen LogP contribution in [0.5, 0.6) is 5.75 Å². The second-order valence-corrected chi connectivity index (χ2v) is 5.41. The molecule has 0 aromatic heterocycles. The van der Waals surface area contributed by atoms with Gasteiger partial charge in [-0.1, -0.05) is 6.92 Å². The van der Waals surface area contributed by atoms with E-state index in [0.29, 0.717) is 6.61 Å². The highest BCUT2D eigenvalue weighted by Crippen LogP contribution is 2.27. The second kappa shape index (κ2) is 4.81. The van der Waals surface area contributed by atoms with E-state index in [4.69, 9.17) is 15.4 Å². The van der Waals surface area contributed by atoms with Crippen molar-refractivity contribution in [1.29, 1.82) is 0 Å². The van der Waals surface area contributed by atoms with Crippen molar-refractivity contribution >= 4 is 19.7 Å². The molecule has 0 bridgehead atoms. The number of ether oxygens (including phenoxy) is 1. The number of hydrogen-bond donors (Lipinski definition) is 0. The minimum Gasteiger partial charge on any atom is -0.492 e. The lowest BCUT2D eigenvalue weighted by molar-refractivity contribution is 0.308. The van der Waals surface area contributed by atoms with Gasteiger partial charge in [-0.3, -0.25) is 0 Å². The lowest BCUT2D eigenvalue weighted by atomic mass is 10.3. The molecule has 0 atom stereocenters. The molecule has 1 aromatic carbocycles. The molecule has 0 heterocycles. The van der Waals surface area contributed by atoms with Crippen molar-refractivity contribution in [3.05, 3.63) is 24.0 Å². The quantitative estimate of drug-likeness (QED) is 0.774. The van der Waals surface area contributed by atoms with Crippen LogP contribution in [0.4, 0.5) is 4.39 Å². The van der Waals surface area contributed by atoms with Crippen LogP contribution in [0, 0.1) is 5.82 Å². The van der Waals surface area contributed by atoms with Crippen LogP contribution in [0.2, 0.25) is 0 Å². The van der Waals surface area contributed by atoms with Gasteiger partial charge in [0, 0.05) is 10.7 Å². The topological polar surface area (TPSA) is 43.4 Å². The summed E-state index contributed by atoms with van der Waals surface area (Å²) in [6.07, 6.45) is 0.721. The van der Waals surface area contributed by atoms with Gasteiger partial charge in [0.2, 0.25) is 0 Å². The third-order valence-electron chi connectivity index (χ3n) is 1.63. The normalized spacial score (nSPS) is 11.4. The van der Waals surface area contributed by atoms with E-state index >= 15 is 0 Å². The van der Waals surface area contributed by atoms with Crippen LogP contribution in [0.25, 0.3) is 0 Å². The minimum atomic E-state index is -3.98. The first kappa shape index (κ1) is 12.3. The molecule has 0 aliphatic carbocycles. The zero-order chi connectivity index (χ0) is 11.5. The third-order valence-corrected chi connectivity index (χ3v) is 2.97. The van der Waals surface area contributed by atoms with Crippen LogP contribution in [0.3, 0.4) is 0 Å². The molecule has 1 rings (SSSR count). The molecule has 0 fully saturated rings. The molecule has 0 amide bonds. The van der Waals surface area contributed by atoms with Crippen LogP contribution in [-0.4, -0.2) is 15.0 Å². The maximum atomic E-state index is 12.8. The Morgan fingerprint density at radius 1 is 1.47 bits per heavy atom. The van der Waals surface area contributed by atoms with Gasteiger partial charge in [-0.15, -0.1) is 0 Å². The molecule has 0 unspecified atom stereocenters. The summed E-state index contributed by atoms with van der Waals surface area (Å²) in [6, 6.07) is 3.21. The summed E-state index contributed by atoms with van der Waals surface area (Å²) < 4.78 is 40.1. The zero-order valence-electron chi connectivity index (χ0n) is 8.04. The molecule has 6 heteroatoms. The van der Waals surface area contributed by atoms with Gasteiger partial charge in [-0.05, 0) is 24.6 Å². The van der Waals surface area contributed by atoms with Crippen molar-refractivity contribution in [1.82, 2.24) is 0 Å². The standard InChI is InChI=1S/C9H10ClFO3S/c1-2-5-14-8-4-3-7(11)6-9(8)15(10,12)13/h3-4,6H,2,5H2,1H3. The maximum Gasteiger partial charge on any atom is 0.265 e. The van der Waals surface area contributed by atoms with Crippen molar-refractivity contribution in [2.45, 2.75) is 18.2 Å². The van der Waals surface area contributed by atoms with Gasteiger partial charge < -0.3 is 4.74 Å². The summed E-state index contributed by atoms with van der Waals surface area (Å²) >= 11 is 0. The van der Waals surface area contributed by atoms with Gasteiger partial charge >= 0.3 is 0 Å². The van der Waals surface area contributed by atoms with E-state index in [1.165, 1.54) is 6.07 Å². The highest BCUT2D eigenvalue weighted by molar-refractivity contribution is 8.13. The molecule has 0 spiro atoms. The number of hydrogen-bond acceptors (Lipinski definition) is 3. The average Bonchev–Trinajstić information content (AvgIpc) is 2.14. The van der Waals surface area contributed by atoms with Crippen LogP contribution in [0.1, 0.15) is 13.3 Å². The van der Waals surface area contributed by atoms with Gasteiger partial charge in [0.1, 0.15) is 16.5 Å². The van der Waals surface area contributed by atoms with E-state index in [0.717, 1.165) is 18.6 Å². The molecule has 0 saturated carbocycles. The lowest BCUT2D eigenvalue weighted by Crippen LogP contribution is -2.01. The van der Waals surface area contributed by atoms with Gasteiger partial charge in [-0.25, -0.2) is 12.8 Å². The molecular weight excluding hydrogens is 243 g/mol. The summed E-state index contributed by atoms with van der Waals surface area (Å²) in [5.74, 6) is -0.591. The largest absolute Gasteiger partial charge is 0.492 e. The summed E-state index contributed by atoms with van der Waals surface area (Å²) in [6.45, 7) is 2.23. The Bertz CT molecular complexity index is 445. The van der Waals surface area contributed by atoms with Gasteiger partial charge in [0.15, 0.2) is 0 Å². The van der Waals surface area contributed by atoms with Crippen LogP contribution >= 0.6 is 10.7 Å².